The number of nitrogens with two attached hydrogens (primary N) is 1. The van der Waals surface area contributed by atoms with Crippen molar-refractivity contribution in [1.29, 1.82) is 0 Å². The zero-order valence-electron chi connectivity index (χ0n) is 17.1. The van der Waals surface area contributed by atoms with Crippen LogP contribution in [0.4, 0.5) is 11.4 Å². The molecule has 0 amide bonds. The lowest BCUT2D eigenvalue weighted by atomic mass is 9.92. The van der Waals surface area contributed by atoms with Gasteiger partial charge in [0.1, 0.15) is 0 Å². The van der Waals surface area contributed by atoms with Crippen molar-refractivity contribution in [3.8, 4) is 11.1 Å². The number of anilines is 2. The van der Waals surface area contributed by atoms with Gasteiger partial charge >= 0.3 is 0 Å². The van der Waals surface area contributed by atoms with E-state index in [4.69, 9.17) is 5.73 Å². The smallest absolute Gasteiger partial charge is 0.0442 e. The Balaban J connectivity index is 1.72. The van der Waals surface area contributed by atoms with Gasteiger partial charge in [0.25, 0.3) is 0 Å². The second-order valence-electron chi connectivity index (χ2n) is 8.12. The van der Waals surface area contributed by atoms with E-state index in [2.05, 4.69) is 58.9 Å². The molecule has 1 heterocycles. The Morgan fingerprint density at radius 2 is 1.76 bits per heavy atom. The third-order valence-electron chi connectivity index (χ3n) is 6.05. The van der Waals surface area contributed by atoms with Crippen molar-refractivity contribution in [3.63, 3.8) is 0 Å². The molecule has 4 nitrogen and oxygen atoms in total. The highest BCUT2D eigenvalue weighted by atomic mass is 15.0. The molecule has 2 fully saturated rings. The van der Waals surface area contributed by atoms with Crippen LogP contribution in [0.5, 0.6) is 0 Å². The van der Waals surface area contributed by atoms with E-state index in [-0.39, 0.29) is 0 Å². The predicted octanol–water partition coefficient (Wildman–Crippen LogP) is 3.15. The Bertz CT molecular complexity index is 969. The van der Waals surface area contributed by atoms with E-state index >= 15 is 0 Å². The summed E-state index contributed by atoms with van der Waals surface area (Å²) in [6.45, 7) is 6.00. The van der Waals surface area contributed by atoms with E-state index < -0.39 is 0 Å². The Morgan fingerprint density at radius 3 is 2.45 bits per heavy atom. The molecule has 5 N–H and O–H groups in total. The van der Waals surface area contributed by atoms with Gasteiger partial charge in [0.05, 0.1) is 0 Å². The molecule has 0 bridgehead atoms. The van der Waals surface area contributed by atoms with E-state index in [9.17, 15) is 0 Å². The van der Waals surface area contributed by atoms with Gasteiger partial charge in [0.2, 0.25) is 0 Å². The van der Waals surface area contributed by atoms with Crippen molar-refractivity contribution in [2.24, 2.45) is 5.73 Å². The minimum absolute atomic E-state index is 0.466. The molecular formula is C25H32N4. The van der Waals surface area contributed by atoms with Gasteiger partial charge in [-0.15, -0.1) is 0 Å². The van der Waals surface area contributed by atoms with Crippen LogP contribution in [-0.4, -0.2) is 25.2 Å². The maximum atomic E-state index is 6.03. The van der Waals surface area contributed by atoms with Crippen molar-refractivity contribution in [3.05, 3.63) is 59.5 Å². The highest BCUT2D eigenvalue weighted by Crippen LogP contribution is 2.27. The zero-order valence-corrected chi connectivity index (χ0v) is 17.1. The van der Waals surface area contributed by atoms with Gasteiger partial charge in [-0.1, -0.05) is 30.9 Å². The normalized spacial score (nSPS) is 19.0. The van der Waals surface area contributed by atoms with Gasteiger partial charge in [-0.25, -0.2) is 0 Å². The third kappa shape index (κ3) is 4.65. The quantitative estimate of drug-likeness (QED) is 0.614. The van der Waals surface area contributed by atoms with E-state index in [1.54, 1.807) is 6.20 Å². The summed E-state index contributed by atoms with van der Waals surface area (Å²) >= 11 is 0. The number of piperidine rings is 1. The van der Waals surface area contributed by atoms with Gasteiger partial charge in [-0.3, -0.25) is 0 Å². The Kier molecular flexibility index (Phi) is 6.20. The van der Waals surface area contributed by atoms with Crippen LogP contribution in [0.3, 0.4) is 0 Å². The molecule has 1 aliphatic heterocycles. The Morgan fingerprint density at radius 1 is 0.966 bits per heavy atom. The molecule has 152 valence electrons. The summed E-state index contributed by atoms with van der Waals surface area (Å²) in [5.74, 6) is 0. The van der Waals surface area contributed by atoms with Crippen LogP contribution >= 0.6 is 0 Å². The summed E-state index contributed by atoms with van der Waals surface area (Å²) in [6.07, 6.45) is 11.7. The Hall–Kier alpha value is -2.72. The lowest BCUT2D eigenvalue weighted by Gasteiger charge is -2.27. The number of nitrogens with one attached hydrogen (secondary N) is 3. The van der Waals surface area contributed by atoms with Crippen molar-refractivity contribution in [2.45, 2.75) is 44.2 Å². The van der Waals surface area contributed by atoms with Crippen LogP contribution in [0.25, 0.3) is 23.4 Å². The summed E-state index contributed by atoms with van der Waals surface area (Å²) < 4.78 is 0. The van der Waals surface area contributed by atoms with Gasteiger partial charge in [0, 0.05) is 34.9 Å². The average molecular weight is 389 g/mol. The van der Waals surface area contributed by atoms with Crippen molar-refractivity contribution in [2.75, 3.05) is 23.7 Å². The molecular weight excluding hydrogens is 356 g/mol. The second kappa shape index (κ2) is 9.19. The fourth-order valence-electron chi connectivity index (χ4n) is 4.18. The number of hydrogen-bond acceptors (Lipinski definition) is 4. The monoisotopic (exact) mass is 388 g/mol. The highest BCUT2D eigenvalue weighted by Gasteiger charge is 2.17. The fourth-order valence-corrected chi connectivity index (χ4v) is 4.18. The van der Waals surface area contributed by atoms with Gasteiger partial charge < -0.3 is 21.7 Å². The van der Waals surface area contributed by atoms with Crippen molar-refractivity contribution < 1.29 is 0 Å². The standard InChI is InChI=1S/C25H32N4/c1-2-5-19-14-20(18-6-3-9-23(15-18)28-21-7-4-8-21)16-25(24(19)17-26)29-22-10-12-27-13-11-22/h2-3,5-6,9,14-17,21-22,27-29H,1,4,7-8,10-13,26H2/b19-5-,24-17+. The zero-order chi connectivity index (χ0) is 20.1. The summed E-state index contributed by atoms with van der Waals surface area (Å²) in [6, 6.07) is 14.3. The van der Waals surface area contributed by atoms with E-state index in [1.807, 2.05) is 12.2 Å². The fraction of sp³-hybridized carbons (Fsp3) is 0.360. The highest BCUT2D eigenvalue weighted by molar-refractivity contribution is 5.73. The molecule has 4 rings (SSSR count). The van der Waals surface area contributed by atoms with Crippen LogP contribution in [0, 0.1) is 0 Å². The number of allylic oxidation sites excluding steroid dienone is 1. The molecule has 1 aliphatic carbocycles. The number of benzene rings is 2. The van der Waals surface area contributed by atoms with E-state index in [0.29, 0.717) is 12.1 Å². The predicted molar refractivity (Wildman–Crippen MR) is 125 cm³/mol. The lowest BCUT2D eigenvalue weighted by molar-refractivity contribution is 0.445. The largest absolute Gasteiger partial charge is 0.404 e. The first-order valence-electron chi connectivity index (χ1n) is 10.8. The van der Waals surface area contributed by atoms with Gasteiger partial charge in [-0.2, -0.15) is 0 Å². The van der Waals surface area contributed by atoms with E-state index in [0.717, 1.165) is 42.1 Å². The summed E-state index contributed by atoms with van der Waals surface area (Å²) in [5, 5.41) is 13.0. The third-order valence-corrected chi connectivity index (χ3v) is 6.05. The molecule has 2 aliphatic rings. The number of rotatable bonds is 6. The molecule has 0 radical (unpaired) electrons. The van der Waals surface area contributed by atoms with Crippen molar-refractivity contribution in [1.82, 2.24) is 5.32 Å². The molecule has 0 spiro atoms. The number of hydrogen-bond donors (Lipinski definition) is 4. The molecule has 4 heteroatoms. The lowest BCUT2D eigenvalue weighted by Crippen LogP contribution is -2.38. The molecule has 2 aromatic rings. The second-order valence-corrected chi connectivity index (χ2v) is 8.12. The maximum absolute atomic E-state index is 6.03. The van der Waals surface area contributed by atoms with Crippen LogP contribution < -0.4 is 32.1 Å². The topological polar surface area (TPSA) is 62.1 Å². The molecule has 1 saturated carbocycles. The maximum Gasteiger partial charge on any atom is 0.0442 e. The summed E-state index contributed by atoms with van der Waals surface area (Å²) in [4.78, 5) is 0. The minimum atomic E-state index is 0.466. The van der Waals surface area contributed by atoms with Crippen LogP contribution in [0.2, 0.25) is 0 Å². The van der Waals surface area contributed by atoms with E-state index in [1.165, 1.54) is 36.1 Å². The first kappa shape index (κ1) is 19.6. The molecule has 29 heavy (non-hydrogen) atoms. The van der Waals surface area contributed by atoms with Crippen LogP contribution in [-0.2, 0) is 0 Å². The molecule has 0 aromatic heterocycles. The van der Waals surface area contributed by atoms with Crippen molar-refractivity contribution >= 4 is 23.7 Å². The van der Waals surface area contributed by atoms with Gasteiger partial charge in [0.15, 0.2) is 0 Å². The van der Waals surface area contributed by atoms with Gasteiger partial charge in [-0.05, 0) is 85.8 Å². The molecule has 0 atom stereocenters. The first-order valence-corrected chi connectivity index (χ1v) is 10.8. The van der Waals surface area contributed by atoms with Crippen LogP contribution in [0.1, 0.15) is 32.1 Å². The molecule has 2 aromatic carbocycles. The minimum Gasteiger partial charge on any atom is -0.404 e. The average Bonchev–Trinajstić information content (AvgIpc) is 2.72. The first-order chi connectivity index (χ1) is 14.3. The molecule has 1 saturated heterocycles. The summed E-state index contributed by atoms with van der Waals surface area (Å²) in [5.41, 5.74) is 10.7. The van der Waals surface area contributed by atoms with Crippen LogP contribution in [0.15, 0.2) is 49.1 Å². The molecule has 0 unspecified atom stereocenters. The Labute approximate surface area is 173 Å². The SMILES string of the molecule is C=C/C=c1/cc(-c2cccc(NC3CCC3)c2)cc(NC2CCNCC2)/c1=C/N. The summed E-state index contributed by atoms with van der Waals surface area (Å²) in [7, 11) is 0.